The smallest absolute Gasteiger partial charge is 0.306 e. The molecule has 1 atom stereocenters. The number of unbranched alkanes of at least 4 members (excludes halogenated alkanes) is 13. The number of ether oxygens (including phenoxy) is 1. The maximum atomic E-state index is 12.5. The highest BCUT2D eigenvalue weighted by Gasteiger charge is 2.15. The second-order valence-corrected chi connectivity index (χ2v) is 9.95. The van der Waals surface area contributed by atoms with Gasteiger partial charge < -0.3 is 14.7 Å². The van der Waals surface area contributed by atoms with Gasteiger partial charge in [-0.25, -0.2) is 0 Å². The predicted molar refractivity (Wildman–Crippen MR) is 143 cm³/mol. The van der Waals surface area contributed by atoms with Gasteiger partial charge in [0.2, 0.25) is 0 Å². The van der Waals surface area contributed by atoms with E-state index >= 15 is 0 Å². The largest absolute Gasteiger partial charge is 0.462 e. The molecule has 4 nitrogen and oxygen atoms in total. The van der Waals surface area contributed by atoms with Crippen LogP contribution < -0.4 is 0 Å². The molecule has 0 rings (SSSR count). The first kappa shape index (κ1) is 32.4. The predicted octanol–water partition coefficient (Wildman–Crippen LogP) is 8.05. The van der Waals surface area contributed by atoms with E-state index in [1.807, 2.05) is 0 Å². The van der Waals surface area contributed by atoms with Gasteiger partial charge in [0, 0.05) is 13.0 Å². The van der Waals surface area contributed by atoms with Gasteiger partial charge in [-0.2, -0.15) is 0 Å². The van der Waals surface area contributed by atoms with Crippen LogP contribution >= 0.6 is 0 Å². The third-order valence-corrected chi connectivity index (χ3v) is 6.66. The maximum Gasteiger partial charge on any atom is 0.306 e. The highest BCUT2D eigenvalue weighted by Crippen LogP contribution is 2.17. The standard InChI is InChI=1S/C29H59NO3/c1-4-7-10-13-15-18-22-28(21-17-12-9-6-3)33-29(32)23-20-25-30(26-27-31)24-19-16-14-11-8-5-2/h28,31H,4-27H2,1-3H3. The average Bonchev–Trinajstić information content (AvgIpc) is 2.81. The van der Waals surface area contributed by atoms with E-state index in [1.54, 1.807) is 0 Å². The van der Waals surface area contributed by atoms with Crippen LogP contribution in [0.2, 0.25) is 0 Å². The Bertz CT molecular complexity index is 402. The molecule has 198 valence electrons. The minimum Gasteiger partial charge on any atom is -0.462 e. The van der Waals surface area contributed by atoms with Gasteiger partial charge in [0.15, 0.2) is 0 Å². The summed E-state index contributed by atoms with van der Waals surface area (Å²) < 4.78 is 5.93. The number of aliphatic hydroxyl groups is 1. The van der Waals surface area contributed by atoms with Crippen LogP contribution in [-0.4, -0.2) is 48.3 Å². The van der Waals surface area contributed by atoms with Crippen LogP contribution in [0.15, 0.2) is 0 Å². The van der Waals surface area contributed by atoms with Crippen molar-refractivity contribution in [2.45, 2.75) is 155 Å². The van der Waals surface area contributed by atoms with Crippen LogP contribution in [0.1, 0.15) is 149 Å². The lowest BCUT2D eigenvalue weighted by Gasteiger charge is -2.22. The molecule has 0 saturated heterocycles. The van der Waals surface area contributed by atoms with Crippen LogP contribution in [0.4, 0.5) is 0 Å². The summed E-state index contributed by atoms with van der Waals surface area (Å²) >= 11 is 0. The highest BCUT2D eigenvalue weighted by atomic mass is 16.5. The summed E-state index contributed by atoms with van der Waals surface area (Å²) in [4.78, 5) is 14.8. The summed E-state index contributed by atoms with van der Waals surface area (Å²) in [6.07, 6.45) is 23.8. The van der Waals surface area contributed by atoms with Crippen molar-refractivity contribution >= 4 is 5.97 Å². The second-order valence-electron chi connectivity index (χ2n) is 9.95. The molecule has 0 saturated carbocycles. The Morgan fingerprint density at radius 1 is 0.636 bits per heavy atom. The number of hydrogen-bond acceptors (Lipinski definition) is 4. The topological polar surface area (TPSA) is 49.8 Å². The van der Waals surface area contributed by atoms with E-state index in [2.05, 4.69) is 25.7 Å². The van der Waals surface area contributed by atoms with Gasteiger partial charge in [0.25, 0.3) is 0 Å². The molecule has 0 spiro atoms. The molecule has 0 aliphatic heterocycles. The van der Waals surface area contributed by atoms with Gasteiger partial charge in [-0.1, -0.05) is 104 Å². The van der Waals surface area contributed by atoms with Crippen LogP contribution in [0.5, 0.6) is 0 Å². The Kier molecular flexibility index (Phi) is 25.5. The molecular weight excluding hydrogens is 410 g/mol. The Morgan fingerprint density at radius 2 is 1.09 bits per heavy atom. The van der Waals surface area contributed by atoms with Crippen molar-refractivity contribution in [3.8, 4) is 0 Å². The van der Waals surface area contributed by atoms with Crippen molar-refractivity contribution < 1.29 is 14.6 Å². The molecule has 0 amide bonds. The summed E-state index contributed by atoms with van der Waals surface area (Å²) in [5.74, 6) is -0.0232. The monoisotopic (exact) mass is 469 g/mol. The van der Waals surface area contributed by atoms with Crippen LogP contribution in [0.3, 0.4) is 0 Å². The lowest BCUT2D eigenvalue weighted by molar-refractivity contribution is -0.150. The van der Waals surface area contributed by atoms with E-state index in [9.17, 15) is 9.90 Å². The minimum absolute atomic E-state index is 0.0232. The van der Waals surface area contributed by atoms with E-state index in [0.717, 1.165) is 32.4 Å². The number of carbonyl (C=O) groups is 1. The highest BCUT2D eigenvalue weighted by molar-refractivity contribution is 5.69. The van der Waals surface area contributed by atoms with Crippen LogP contribution in [-0.2, 0) is 9.53 Å². The third kappa shape index (κ3) is 22.9. The SMILES string of the molecule is CCCCCCCCC(CCCCCC)OC(=O)CCCN(CCO)CCCCCCCC. The van der Waals surface area contributed by atoms with E-state index < -0.39 is 0 Å². The number of esters is 1. The number of nitrogens with zero attached hydrogens (tertiary/aromatic N) is 1. The van der Waals surface area contributed by atoms with E-state index in [1.165, 1.54) is 103 Å². The number of hydrogen-bond donors (Lipinski definition) is 1. The lowest BCUT2D eigenvalue weighted by atomic mass is 10.0. The number of rotatable bonds is 26. The van der Waals surface area contributed by atoms with Crippen molar-refractivity contribution in [2.75, 3.05) is 26.2 Å². The average molecular weight is 470 g/mol. The number of carbonyl (C=O) groups excluding carboxylic acids is 1. The molecule has 0 fully saturated rings. The Morgan fingerprint density at radius 3 is 1.64 bits per heavy atom. The van der Waals surface area contributed by atoms with Gasteiger partial charge >= 0.3 is 5.97 Å². The molecule has 0 aliphatic carbocycles. The second kappa shape index (κ2) is 26.0. The fourth-order valence-corrected chi connectivity index (χ4v) is 4.50. The molecular formula is C29H59NO3. The molecule has 0 radical (unpaired) electrons. The van der Waals surface area contributed by atoms with Crippen molar-refractivity contribution in [1.82, 2.24) is 4.90 Å². The van der Waals surface area contributed by atoms with Gasteiger partial charge in [-0.15, -0.1) is 0 Å². The minimum atomic E-state index is -0.0232. The molecule has 1 unspecified atom stereocenters. The van der Waals surface area contributed by atoms with Gasteiger partial charge in [-0.05, 0) is 51.6 Å². The third-order valence-electron chi connectivity index (χ3n) is 6.66. The molecule has 0 aromatic rings. The van der Waals surface area contributed by atoms with Gasteiger partial charge in [-0.3, -0.25) is 4.79 Å². The van der Waals surface area contributed by atoms with Crippen LogP contribution in [0, 0.1) is 0 Å². The van der Waals surface area contributed by atoms with Crippen LogP contribution in [0.25, 0.3) is 0 Å². The molecule has 33 heavy (non-hydrogen) atoms. The molecule has 0 heterocycles. The Balaban J connectivity index is 4.20. The fraction of sp³-hybridized carbons (Fsp3) is 0.966. The number of aliphatic hydroxyl groups excluding tert-OH is 1. The molecule has 0 aromatic carbocycles. The first-order valence-electron chi connectivity index (χ1n) is 14.7. The Hall–Kier alpha value is -0.610. The van der Waals surface area contributed by atoms with Crippen molar-refractivity contribution in [1.29, 1.82) is 0 Å². The molecule has 0 aliphatic rings. The Labute approximate surface area is 207 Å². The zero-order chi connectivity index (χ0) is 24.4. The van der Waals surface area contributed by atoms with Gasteiger partial charge in [0.05, 0.1) is 6.61 Å². The zero-order valence-corrected chi connectivity index (χ0v) is 22.8. The van der Waals surface area contributed by atoms with E-state index in [4.69, 9.17) is 4.74 Å². The molecule has 0 aromatic heterocycles. The lowest BCUT2D eigenvalue weighted by Crippen LogP contribution is -2.29. The first-order valence-corrected chi connectivity index (χ1v) is 14.7. The van der Waals surface area contributed by atoms with E-state index in [-0.39, 0.29) is 18.7 Å². The van der Waals surface area contributed by atoms with Gasteiger partial charge in [0.1, 0.15) is 6.10 Å². The van der Waals surface area contributed by atoms with Crippen molar-refractivity contribution in [2.24, 2.45) is 0 Å². The summed E-state index contributed by atoms with van der Waals surface area (Å²) in [6.45, 7) is 9.55. The summed E-state index contributed by atoms with van der Waals surface area (Å²) in [6, 6.07) is 0. The maximum absolute atomic E-state index is 12.5. The summed E-state index contributed by atoms with van der Waals surface area (Å²) in [7, 11) is 0. The normalized spacial score (nSPS) is 12.4. The quantitative estimate of drug-likeness (QED) is 0.103. The summed E-state index contributed by atoms with van der Waals surface area (Å²) in [5, 5.41) is 9.37. The van der Waals surface area contributed by atoms with Crippen molar-refractivity contribution in [3.63, 3.8) is 0 Å². The molecule has 0 bridgehead atoms. The zero-order valence-electron chi connectivity index (χ0n) is 22.8. The first-order chi connectivity index (χ1) is 16.2. The van der Waals surface area contributed by atoms with Crippen molar-refractivity contribution in [3.05, 3.63) is 0 Å². The molecule has 1 N–H and O–H groups in total. The summed E-state index contributed by atoms with van der Waals surface area (Å²) in [5.41, 5.74) is 0. The van der Waals surface area contributed by atoms with E-state index in [0.29, 0.717) is 13.0 Å². The molecule has 4 heteroatoms. The fourth-order valence-electron chi connectivity index (χ4n) is 4.50.